The molecule has 0 unspecified atom stereocenters. The lowest BCUT2D eigenvalue weighted by Crippen LogP contribution is -2.34. The van der Waals surface area contributed by atoms with E-state index in [0.717, 1.165) is 24.3 Å². The first-order valence-corrected chi connectivity index (χ1v) is 11.1. The Morgan fingerprint density at radius 3 is 2.19 bits per heavy atom. The van der Waals surface area contributed by atoms with Crippen LogP contribution in [0.1, 0.15) is 16.8 Å². The van der Waals surface area contributed by atoms with Crippen LogP contribution in [0.4, 0.5) is 15.8 Å². The van der Waals surface area contributed by atoms with E-state index in [1.54, 1.807) is 30.3 Å². The molecule has 32 heavy (non-hydrogen) atoms. The first-order valence-electron chi connectivity index (χ1n) is 9.64. The monoisotopic (exact) mass is 457 g/mol. The standard InChI is InChI=1S/C22H20FN3O5S/c23-18-7-9-19(10-8-18)25(22(27)17-5-2-1-3-6-17)16-4-15-24-32(30,31)21-13-11-20(12-14-21)26(28)29/h1-3,5-14,24H,4,15-16H2. The molecule has 3 rings (SSSR count). The van der Waals surface area contributed by atoms with Crippen molar-refractivity contribution in [2.75, 3.05) is 18.0 Å². The number of halogens is 1. The summed E-state index contributed by atoms with van der Waals surface area (Å²) in [5.41, 5.74) is 0.722. The zero-order chi connectivity index (χ0) is 23.1. The molecule has 166 valence electrons. The Hall–Kier alpha value is -3.63. The van der Waals surface area contributed by atoms with Gasteiger partial charge in [0.25, 0.3) is 11.6 Å². The minimum atomic E-state index is -3.87. The van der Waals surface area contributed by atoms with E-state index in [-0.39, 0.29) is 36.0 Å². The van der Waals surface area contributed by atoms with Crippen molar-refractivity contribution < 1.29 is 22.5 Å². The number of carbonyl (C=O) groups excluding carboxylic acids is 1. The van der Waals surface area contributed by atoms with Gasteiger partial charge in [0, 0.05) is 36.5 Å². The number of nitrogens with zero attached hydrogens (tertiary/aromatic N) is 2. The molecular formula is C22H20FN3O5S. The molecule has 0 saturated carbocycles. The number of sulfonamides is 1. The Balaban J connectivity index is 1.67. The van der Waals surface area contributed by atoms with Gasteiger partial charge in [0.1, 0.15) is 5.82 Å². The highest BCUT2D eigenvalue weighted by molar-refractivity contribution is 7.89. The average molecular weight is 457 g/mol. The lowest BCUT2D eigenvalue weighted by molar-refractivity contribution is -0.384. The highest BCUT2D eigenvalue weighted by atomic mass is 32.2. The Morgan fingerprint density at radius 1 is 0.969 bits per heavy atom. The zero-order valence-corrected chi connectivity index (χ0v) is 17.7. The molecule has 0 fully saturated rings. The molecule has 0 atom stereocenters. The van der Waals surface area contributed by atoms with Gasteiger partial charge in [0.15, 0.2) is 0 Å². The molecule has 0 heterocycles. The maximum Gasteiger partial charge on any atom is 0.269 e. The first-order chi connectivity index (χ1) is 15.3. The molecule has 0 aromatic heterocycles. The van der Waals surface area contributed by atoms with Crippen LogP contribution in [-0.4, -0.2) is 32.3 Å². The Labute approximate surface area is 184 Å². The van der Waals surface area contributed by atoms with Crippen LogP contribution in [0.25, 0.3) is 0 Å². The summed E-state index contributed by atoms with van der Waals surface area (Å²) < 4.78 is 40.6. The number of rotatable bonds is 9. The summed E-state index contributed by atoms with van der Waals surface area (Å²) in [5.74, 6) is -0.729. The van der Waals surface area contributed by atoms with E-state index >= 15 is 0 Å². The summed E-state index contributed by atoms with van der Waals surface area (Å²) in [6.45, 7) is 0.210. The summed E-state index contributed by atoms with van der Waals surface area (Å²) in [5, 5.41) is 10.7. The van der Waals surface area contributed by atoms with Crippen molar-refractivity contribution in [1.29, 1.82) is 0 Å². The number of hydrogen-bond donors (Lipinski definition) is 1. The van der Waals surface area contributed by atoms with Gasteiger partial charge in [-0.15, -0.1) is 0 Å². The van der Waals surface area contributed by atoms with Crippen molar-refractivity contribution in [2.45, 2.75) is 11.3 Å². The number of nitro groups is 1. The molecule has 3 aromatic carbocycles. The lowest BCUT2D eigenvalue weighted by atomic mass is 10.1. The topological polar surface area (TPSA) is 110 Å². The number of amides is 1. The zero-order valence-electron chi connectivity index (χ0n) is 16.8. The molecule has 10 heteroatoms. The van der Waals surface area contributed by atoms with Crippen LogP contribution in [0.15, 0.2) is 83.8 Å². The molecule has 0 saturated heterocycles. The van der Waals surface area contributed by atoms with E-state index in [1.165, 1.54) is 29.2 Å². The van der Waals surface area contributed by atoms with Gasteiger partial charge in [0.2, 0.25) is 10.0 Å². The van der Waals surface area contributed by atoms with E-state index in [0.29, 0.717) is 11.3 Å². The number of non-ortho nitro benzene ring substituents is 1. The summed E-state index contributed by atoms with van der Waals surface area (Å²) in [6, 6.07) is 18.6. The van der Waals surface area contributed by atoms with Gasteiger partial charge < -0.3 is 4.90 Å². The smallest absolute Gasteiger partial charge is 0.269 e. The fourth-order valence-electron chi connectivity index (χ4n) is 2.98. The second-order valence-electron chi connectivity index (χ2n) is 6.80. The highest BCUT2D eigenvalue weighted by Gasteiger charge is 2.19. The predicted octanol–water partition coefficient (Wildman–Crippen LogP) is 3.75. The number of hydrogen-bond acceptors (Lipinski definition) is 5. The molecule has 8 nitrogen and oxygen atoms in total. The summed E-state index contributed by atoms with van der Waals surface area (Å²) >= 11 is 0. The van der Waals surface area contributed by atoms with Gasteiger partial charge >= 0.3 is 0 Å². The molecule has 0 bridgehead atoms. The van der Waals surface area contributed by atoms with Crippen molar-refractivity contribution in [2.24, 2.45) is 0 Å². The largest absolute Gasteiger partial charge is 0.308 e. The Bertz CT molecular complexity index is 1180. The quantitative estimate of drug-likeness (QED) is 0.299. The molecular weight excluding hydrogens is 437 g/mol. The maximum atomic E-state index is 13.3. The van der Waals surface area contributed by atoms with E-state index in [1.807, 2.05) is 0 Å². The summed E-state index contributed by atoms with van der Waals surface area (Å²) in [7, 11) is -3.87. The van der Waals surface area contributed by atoms with Crippen LogP contribution >= 0.6 is 0 Å². The molecule has 0 aliphatic heterocycles. The number of benzene rings is 3. The van der Waals surface area contributed by atoms with Crippen molar-refractivity contribution in [3.05, 3.63) is 100 Å². The Morgan fingerprint density at radius 2 is 1.59 bits per heavy atom. The molecule has 0 aliphatic carbocycles. The van der Waals surface area contributed by atoms with Gasteiger partial charge in [0.05, 0.1) is 9.82 Å². The maximum absolute atomic E-state index is 13.3. The fraction of sp³-hybridized carbons (Fsp3) is 0.136. The van der Waals surface area contributed by atoms with Crippen LogP contribution in [0.3, 0.4) is 0 Å². The summed E-state index contributed by atoms with van der Waals surface area (Å²) in [4.78, 5) is 24.4. The van der Waals surface area contributed by atoms with E-state index < -0.39 is 20.8 Å². The number of nitro benzene ring substituents is 1. The third-order valence-corrected chi connectivity index (χ3v) is 6.09. The molecule has 0 radical (unpaired) electrons. The van der Waals surface area contributed by atoms with Crippen molar-refractivity contribution in [3.63, 3.8) is 0 Å². The fourth-order valence-corrected chi connectivity index (χ4v) is 4.05. The first kappa shape index (κ1) is 23.0. The van der Waals surface area contributed by atoms with Crippen molar-refractivity contribution in [1.82, 2.24) is 4.72 Å². The average Bonchev–Trinajstić information content (AvgIpc) is 2.80. The van der Waals surface area contributed by atoms with Crippen LogP contribution in [-0.2, 0) is 10.0 Å². The normalized spacial score (nSPS) is 11.2. The van der Waals surface area contributed by atoms with Crippen molar-refractivity contribution in [3.8, 4) is 0 Å². The molecule has 0 spiro atoms. The molecule has 1 amide bonds. The number of carbonyl (C=O) groups is 1. The van der Waals surface area contributed by atoms with Gasteiger partial charge in [-0.3, -0.25) is 14.9 Å². The van der Waals surface area contributed by atoms with E-state index in [4.69, 9.17) is 0 Å². The van der Waals surface area contributed by atoms with Gasteiger partial charge in [-0.05, 0) is 55.0 Å². The third kappa shape index (κ3) is 5.74. The Kier molecular flexibility index (Phi) is 7.29. The van der Waals surface area contributed by atoms with Crippen LogP contribution in [0, 0.1) is 15.9 Å². The highest BCUT2D eigenvalue weighted by Crippen LogP contribution is 2.19. The van der Waals surface area contributed by atoms with Gasteiger partial charge in [-0.1, -0.05) is 18.2 Å². The molecule has 3 aromatic rings. The van der Waals surface area contributed by atoms with E-state index in [2.05, 4.69) is 4.72 Å². The van der Waals surface area contributed by atoms with Gasteiger partial charge in [-0.2, -0.15) is 0 Å². The predicted molar refractivity (Wildman–Crippen MR) is 117 cm³/mol. The summed E-state index contributed by atoms with van der Waals surface area (Å²) in [6.07, 6.45) is 0.280. The van der Waals surface area contributed by atoms with Crippen molar-refractivity contribution >= 4 is 27.3 Å². The minimum Gasteiger partial charge on any atom is -0.308 e. The molecule has 0 aliphatic rings. The van der Waals surface area contributed by atoms with E-state index in [9.17, 15) is 27.7 Å². The molecule has 1 N–H and O–H groups in total. The second-order valence-corrected chi connectivity index (χ2v) is 8.57. The third-order valence-electron chi connectivity index (χ3n) is 4.61. The lowest BCUT2D eigenvalue weighted by Gasteiger charge is -2.23. The SMILES string of the molecule is O=C(c1ccccc1)N(CCCNS(=O)(=O)c1ccc([N+](=O)[O-])cc1)c1ccc(F)cc1. The number of nitrogens with one attached hydrogen (secondary N) is 1. The van der Waals surface area contributed by atoms with Crippen LogP contribution in [0.5, 0.6) is 0 Å². The minimum absolute atomic E-state index is 0.0269. The van der Waals surface area contributed by atoms with Crippen LogP contribution in [0.2, 0.25) is 0 Å². The van der Waals surface area contributed by atoms with Gasteiger partial charge in [-0.25, -0.2) is 17.5 Å². The van der Waals surface area contributed by atoms with Crippen LogP contribution < -0.4 is 9.62 Å². The number of anilines is 1. The second kappa shape index (κ2) is 10.1.